The van der Waals surface area contributed by atoms with Crippen molar-refractivity contribution >= 4 is 33.1 Å². The van der Waals surface area contributed by atoms with Crippen LogP contribution in [0.25, 0.3) is 10.7 Å². The van der Waals surface area contributed by atoms with Crippen LogP contribution in [-0.2, 0) is 12.8 Å². The van der Waals surface area contributed by atoms with Crippen LogP contribution in [0.3, 0.4) is 0 Å². The molecule has 1 aliphatic rings. The number of aryl methyl sites for hydroxylation is 1. The van der Waals surface area contributed by atoms with Crippen molar-refractivity contribution in [3.8, 4) is 10.7 Å². The molecule has 2 aromatic heterocycles. The summed E-state index contributed by atoms with van der Waals surface area (Å²) >= 11 is 5.18. The quantitative estimate of drug-likeness (QED) is 0.831. The number of nitrogens with one attached hydrogen (secondary N) is 1. The average Bonchev–Trinajstić information content (AvgIpc) is 2.72. The van der Waals surface area contributed by atoms with Crippen molar-refractivity contribution in [1.82, 2.24) is 9.97 Å². The summed E-state index contributed by atoms with van der Waals surface area (Å²) in [7, 11) is 1.95. The molecule has 0 atom stereocenters. The summed E-state index contributed by atoms with van der Waals surface area (Å²) in [6.45, 7) is 0. The molecule has 100 valence electrons. The highest BCUT2D eigenvalue weighted by molar-refractivity contribution is 9.11. The Bertz CT molecular complexity index is 594. The first-order valence-corrected chi connectivity index (χ1v) is 8.22. The summed E-state index contributed by atoms with van der Waals surface area (Å²) in [6, 6.07) is 4.13. The van der Waals surface area contributed by atoms with E-state index >= 15 is 0 Å². The lowest BCUT2D eigenvalue weighted by Crippen LogP contribution is -2.06. The summed E-state index contributed by atoms with van der Waals surface area (Å²) in [5, 5.41) is 3.24. The second-order valence-corrected chi connectivity index (χ2v) is 7.20. The molecule has 0 spiro atoms. The van der Waals surface area contributed by atoms with Crippen LogP contribution in [0.15, 0.2) is 15.9 Å². The lowest BCUT2D eigenvalue weighted by Gasteiger charge is -2.12. The van der Waals surface area contributed by atoms with Gasteiger partial charge < -0.3 is 5.32 Å². The Hall–Kier alpha value is -0.940. The minimum atomic E-state index is 0.848. The van der Waals surface area contributed by atoms with E-state index in [1.807, 2.05) is 13.1 Å². The fourth-order valence-electron chi connectivity index (χ4n) is 2.52. The first-order chi connectivity index (χ1) is 9.28. The summed E-state index contributed by atoms with van der Waals surface area (Å²) in [5.74, 6) is 1.85. The van der Waals surface area contributed by atoms with Crippen molar-refractivity contribution in [3.05, 3.63) is 27.2 Å². The van der Waals surface area contributed by atoms with Gasteiger partial charge in [-0.2, -0.15) is 0 Å². The Morgan fingerprint density at radius 1 is 1.16 bits per heavy atom. The maximum atomic E-state index is 4.80. The van der Waals surface area contributed by atoms with Gasteiger partial charge in [0.2, 0.25) is 0 Å². The lowest BCUT2D eigenvalue weighted by molar-refractivity contribution is 0.709. The van der Waals surface area contributed by atoms with Crippen LogP contribution in [0.1, 0.15) is 30.5 Å². The Balaban J connectivity index is 2.09. The van der Waals surface area contributed by atoms with Crippen LogP contribution in [0.5, 0.6) is 0 Å². The molecule has 5 heteroatoms. The first-order valence-electron chi connectivity index (χ1n) is 6.61. The highest BCUT2D eigenvalue weighted by Gasteiger charge is 2.17. The standard InChI is InChI=1S/C14H16BrN3S/c1-16-13-9-5-3-2-4-6-10(9)17-14(18-13)11-7-8-12(15)19-11/h7-8H,2-6H2,1H3,(H,16,17,18). The van der Waals surface area contributed by atoms with Crippen LogP contribution < -0.4 is 5.32 Å². The molecule has 0 bridgehead atoms. The topological polar surface area (TPSA) is 37.8 Å². The predicted octanol–water partition coefficient (Wildman–Crippen LogP) is 4.28. The lowest BCUT2D eigenvalue weighted by atomic mass is 10.1. The van der Waals surface area contributed by atoms with Crippen LogP contribution >= 0.6 is 27.3 Å². The number of halogens is 1. The fourth-order valence-corrected chi connectivity index (χ4v) is 3.84. The van der Waals surface area contributed by atoms with Crippen molar-refractivity contribution in [2.24, 2.45) is 0 Å². The van der Waals surface area contributed by atoms with E-state index in [1.165, 1.54) is 30.5 Å². The molecule has 1 N–H and O–H groups in total. The van der Waals surface area contributed by atoms with Gasteiger partial charge in [-0.05, 0) is 53.7 Å². The molecule has 19 heavy (non-hydrogen) atoms. The molecule has 0 amide bonds. The van der Waals surface area contributed by atoms with E-state index in [0.717, 1.165) is 33.1 Å². The molecular formula is C14H16BrN3S. The van der Waals surface area contributed by atoms with E-state index < -0.39 is 0 Å². The fraction of sp³-hybridized carbons (Fsp3) is 0.429. The van der Waals surface area contributed by atoms with Gasteiger partial charge in [-0.15, -0.1) is 11.3 Å². The maximum absolute atomic E-state index is 4.80. The Morgan fingerprint density at radius 2 is 2.00 bits per heavy atom. The van der Waals surface area contributed by atoms with Gasteiger partial charge in [0.05, 0.1) is 8.66 Å². The summed E-state index contributed by atoms with van der Waals surface area (Å²) < 4.78 is 1.12. The number of anilines is 1. The van der Waals surface area contributed by atoms with E-state index in [9.17, 15) is 0 Å². The number of fused-ring (bicyclic) bond motifs is 1. The van der Waals surface area contributed by atoms with Crippen LogP contribution in [-0.4, -0.2) is 17.0 Å². The second kappa shape index (κ2) is 5.59. The molecule has 0 fully saturated rings. The molecule has 3 rings (SSSR count). The number of hydrogen-bond acceptors (Lipinski definition) is 4. The molecule has 0 unspecified atom stereocenters. The second-order valence-electron chi connectivity index (χ2n) is 4.74. The minimum Gasteiger partial charge on any atom is -0.373 e. The van der Waals surface area contributed by atoms with E-state index in [4.69, 9.17) is 9.97 Å². The number of hydrogen-bond donors (Lipinski definition) is 1. The van der Waals surface area contributed by atoms with Crippen LogP contribution in [0.4, 0.5) is 5.82 Å². The molecule has 1 aliphatic carbocycles. The third-order valence-corrected chi connectivity index (χ3v) is 5.08. The molecule has 3 nitrogen and oxygen atoms in total. The SMILES string of the molecule is CNc1nc(-c2ccc(Br)s2)nc2c1CCCCC2. The van der Waals surface area contributed by atoms with Gasteiger partial charge in [0.25, 0.3) is 0 Å². The highest BCUT2D eigenvalue weighted by atomic mass is 79.9. The van der Waals surface area contributed by atoms with E-state index in [2.05, 4.69) is 27.3 Å². The van der Waals surface area contributed by atoms with Crippen LogP contribution in [0.2, 0.25) is 0 Å². The minimum absolute atomic E-state index is 0.848. The number of rotatable bonds is 2. The molecule has 2 heterocycles. The van der Waals surface area contributed by atoms with Crippen molar-refractivity contribution in [1.29, 1.82) is 0 Å². The zero-order chi connectivity index (χ0) is 13.2. The first kappa shape index (κ1) is 13.1. The monoisotopic (exact) mass is 337 g/mol. The summed E-state index contributed by atoms with van der Waals surface area (Å²) in [4.78, 5) is 10.6. The van der Waals surface area contributed by atoms with Gasteiger partial charge in [0.15, 0.2) is 5.82 Å². The Kier molecular flexibility index (Phi) is 3.84. The number of aromatic nitrogens is 2. The third kappa shape index (κ3) is 2.67. The third-order valence-electron chi connectivity index (χ3n) is 3.46. The molecule has 0 radical (unpaired) electrons. The molecule has 0 saturated carbocycles. The highest BCUT2D eigenvalue weighted by Crippen LogP contribution is 2.32. The number of thiophene rings is 1. The predicted molar refractivity (Wildman–Crippen MR) is 83.9 cm³/mol. The number of nitrogens with zero attached hydrogens (tertiary/aromatic N) is 2. The van der Waals surface area contributed by atoms with Gasteiger partial charge >= 0.3 is 0 Å². The molecule has 0 aliphatic heterocycles. The normalized spacial score (nSPS) is 14.8. The van der Waals surface area contributed by atoms with Gasteiger partial charge in [0, 0.05) is 18.3 Å². The van der Waals surface area contributed by atoms with Crippen LogP contribution in [0, 0.1) is 0 Å². The smallest absolute Gasteiger partial charge is 0.171 e. The zero-order valence-electron chi connectivity index (χ0n) is 10.9. The molecular weight excluding hydrogens is 322 g/mol. The van der Waals surface area contributed by atoms with Crippen molar-refractivity contribution in [3.63, 3.8) is 0 Å². The van der Waals surface area contributed by atoms with Gasteiger partial charge in [-0.3, -0.25) is 0 Å². The molecule has 0 saturated heterocycles. The Morgan fingerprint density at radius 3 is 2.74 bits per heavy atom. The van der Waals surface area contributed by atoms with Crippen molar-refractivity contribution in [2.45, 2.75) is 32.1 Å². The Labute approximate surface area is 125 Å². The van der Waals surface area contributed by atoms with E-state index in [1.54, 1.807) is 11.3 Å². The zero-order valence-corrected chi connectivity index (χ0v) is 13.3. The summed E-state index contributed by atoms with van der Waals surface area (Å²) in [6.07, 6.45) is 5.95. The summed E-state index contributed by atoms with van der Waals surface area (Å²) in [5.41, 5.74) is 2.55. The van der Waals surface area contributed by atoms with Crippen molar-refractivity contribution < 1.29 is 0 Å². The maximum Gasteiger partial charge on any atom is 0.171 e. The molecule has 2 aromatic rings. The van der Waals surface area contributed by atoms with Gasteiger partial charge in [0.1, 0.15) is 5.82 Å². The molecule has 0 aromatic carbocycles. The van der Waals surface area contributed by atoms with E-state index in [-0.39, 0.29) is 0 Å². The average molecular weight is 338 g/mol. The van der Waals surface area contributed by atoms with Gasteiger partial charge in [-0.25, -0.2) is 9.97 Å². The largest absolute Gasteiger partial charge is 0.373 e. The van der Waals surface area contributed by atoms with Gasteiger partial charge in [-0.1, -0.05) is 6.42 Å². The van der Waals surface area contributed by atoms with E-state index in [0.29, 0.717) is 0 Å². The van der Waals surface area contributed by atoms with Crippen molar-refractivity contribution in [2.75, 3.05) is 12.4 Å².